The van der Waals surface area contributed by atoms with E-state index >= 15 is 0 Å². The van der Waals surface area contributed by atoms with Crippen LogP contribution in [0, 0.1) is 0 Å². The molecule has 1 heterocycles. The van der Waals surface area contributed by atoms with Crippen LogP contribution in [0.4, 0.5) is 0 Å². The summed E-state index contributed by atoms with van der Waals surface area (Å²) in [6, 6.07) is 17.7. The molecule has 1 aromatic rings. The summed E-state index contributed by atoms with van der Waals surface area (Å²) >= 11 is 2.36. The van der Waals surface area contributed by atoms with E-state index < -0.39 is 47.3 Å². The predicted octanol–water partition coefficient (Wildman–Crippen LogP) is 8.30. The molecule has 0 bridgehead atoms. The second-order valence-electron chi connectivity index (χ2n) is 11.7. The average Bonchev–Trinajstić information content (AvgIpc) is 3.03. The number of nitrogens with one attached hydrogen (secondary N) is 1. The maximum Gasteiger partial charge on any atom is 0.242 e. The maximum absolute atomic E-state index is 13.5. The molecule has 5 atom stereocenters. The minimum absolute atomic E-state index is 0.226. The van der Waals surface area contributed by atoms with Gasteiger partial charge in [0, 0.05) is 0 Å². The lowest BCUT2D eigenvalue weighted by Crippen LogP contribution is -2.66. The van der Waals surface area contributed by atoms with Crippen LogP contribution >= 0.6 is 22.6 Å². The van der Waals surface area contributed by atoms with Gasteiger partial charge in [0.25, 0.3) is 0 Å². The summed E-state index contributed by atoms with van der Waals surface area (Å²) in [6.45, 7) is 20.5. The van der Waals surface area contributed by atoms with E-state index in [1.807, 2.05) is 6.07 Å². The number of sulfonamides is 1. The molecule has 0 spiro atoms. The molecule has 3 unspecified atom stereocenters. The molecule has 0 aliphatic carbocycles. The van der Waals surface area contributed by atoms with Crippen LogP contribution in [0.15, 0.2) is 35.2 Å². The monoisotopic (exact) mass is 771 g/mol. The van der Waals surface area contributed by atoms with E-state index in [-0.39, 0.29) is 21.0 Å². The van der Waals surface area contributed by atoms with Gasteiger partial charge in [0.15, 0.2) is 25.0 Å². The van der Waals surface area contributed by atoms with Gasteiger partial charge in [0.05, 0.1) is 27.6 Å². The number of hydrogen-bond donors (Lipinski definition) is 1. The fourth-order valence-electron chi connectivity index (χ4n) is 6.12. The van der Waals surface area contributed by atoms with E-state index in [0.29, 0.717) is 6.61 Å². The molecule has 2 rings (SSSR count). The quantitative estimate of drug-likeness (QED) is 0.0867. The Kier molecular flexibility index (Phi) is 15.9. The van der Waals surface area contributed by atoms with Crippen LogP contribution in [0.1, 0.15) is 62.3 Å². The molecule has 7 nitrogen and oxygen atoms in total. The van der Waals surface area contributed by atoms with Gasteiger partial charge in [0.1, 0.15) is 12.3 Å². The Labute approximate surface area is 274 Å². The van der Waals surface area contributed by atoms with Gasteiger partial charge in [-0.15, -0.1) is 0 Å². The molecular weight excluding hydrogens is 714 g/mol. The van der Waals surface area contributed by atoms with Gasteiger partial charge in [0.2, 0.25) is 10.0 Å². The summed E-state index contributed by atoms with van der Waals surface area (Å²) in [6.07, 6.45) is -1.83. The van der Waals surface area contributed by atoms with Gasteiger partial charge in [-0.05, 0) is 66.5 Å². The van der Waals surface area contributed by atoms with Crippen molar-refractivity contribution in [1.82, 2.24) is 4.72 Å². The molecule has 0 aromatic heterocycles. The Morgan fingerprint density at radius 1 is 0.714 bits per heavy atom. The number of ether oxygens (including phenoxy) is 1. The zero-order valence-corrected chi connectivity index (χ0v) is 33.6. The van der Waals surface area contributed by atoms with E-state index in [0.717, 1.165) is 54.4 Å². The topological polar surface area (TPSA) is 83.1 Å². The predicted molar refractivity (Wildman–Crippen MR) is 191 cm³/mol. The highest BCUT2D eigenvalue weighted by Crippen LogP contribution is 2.39. The second kappa shape index (κ2) is 17.3. The van der Waals surface area contributed by atoms with Crippen molar-refractivity contribution in [3.63, 3.8) is 0 Å². The second-order valence-corrected chi connectivity index (χ2v) is 29.1. The summed E-state index contributed by atoms with van der Waals surface area (Å²) in [5.41, 5.74) is 0. The van der Waals surface area contributed by atoms with E-state index in [2.05, 4.69) is 89.6 Å². The lowest BCUT2D eigenvalue weighted by Gasteiger charge is -2.50. The first-order valence-electron chi connectivity index (χ1n) is 16.3. The molecule has 12 heteroatoms. The average molecular weight is 772 g/mol. The van der Waals surface area contributed by atoms with Crippen molar-refractivity contribution < 1.29 is 26.4 Å². The first-order chi connectivity index (χ1) is 19.9. The maximum atomic E-state index is 13.5. The van der Waals surface area contributed by atoms with Crippen molar-refractivity contribution in [3.8, 4) is 0 Å². The van der Waals surface area contributed by atoms with Crippen molar-refractivity contribution in [2.24, 2.45) is 0 Å². The van der Waals surface area contributed by atoms with Crippen molar-refractivity contribution in [2.75, 3.05) is 6.61 Å². The first-order valence-corrected chi connectivity index (χ1v) is 26.6. The standard InChI is InChI=1S/C30H58INO6SSi3/c1-10-40(11-2,12-3)35-24-26-28(37-41(13-4,14-5)15-6)29(38-42(16-7,17-8)18-9)27(31)30(36-26)32-39(33,34)25-22-20-19-21-23-25/h19-23,26-30,32H,10-18,24H2,1-9H3/t26?,27?,28-,29?,30+/m1/s1. The number of rotatable bonds is 19. The lowest BCUT2D eigenvalue weighted by molar-refractivity contribution is -0.164. The smallest absolute Gasteiger partial charge is 0.242 e. The van der Waals surface area contributed by atoms with E-state index in [1.165, 1.54) is 0 Å². The molecule has 1 saturated heterocycles. The van der Waals surface area contributed by atoms with E-state index in [9.17, 15) is 8.42 Å². The van der Waals surface area contributed by atoms with Crippen LogP contribution in [0.2, 0.25) is 54.4 Å². The largest absolute Gasteiger partial charge is 0.414 e. The SMILES string of the molecule is CC[Si](CC)(CC)OCC1O[C@H](NS(=O)(=O)c2ccccc2)C(I)C(O[Si](CC)(CC)CC)[C@@H]1O[Si](CC)(CC)CC. The van der Waals surface area contributed by atoms with Crippen LogP contribution in [0.5, 0.6) is 0 Å². The summed E-state index contributed by atoms with van der Waals surface area (Å²) < 4.78 is 57.9. The van der Waals surface area contributed by atoms with Crippen LogP contribution in [-0.2, 0) is 28.0 Å². The Morgan fingerprint density at radius 3 is 1.57 bits per heavy atom. The highest BCUT2D eigenvalue weighted by Gasteiger charge is 2.52. The molecule has 1 N–H and O–H groups in total. The number of halogens is 1. The number of benzene rings is 1. The minimum atomic E-state index is -3.81. The van der Waals surface area contributed by atoms with Gasteiger partial charge < -0.3 is 18.0 Å². The molecule has 1 aliphatic rings. The Bertz CT molecular complexity index is 1000. The third-order valence-electron chi connectivity index (χ3n) is 10.1. The van der Waals surface area contributed by atoms with Gasteiger partial charge in [-0.1, -0.05) is 103 Å². The fourth-order valence-corrected chi connectivity index (χ4v) is 17.1. The third kappa shape index (κ3) is 9.21. The normalized spacial score (nSPS) is 24.2. The molecule has 0 saturated carbocycles. The highest BCUT2D eigenvalue weighted by atomic mass is 127. The van der Waals surface area contributed by atoms with Gasteiger partial charge in [-0.3, -0.25) is 0 Å². The molecule has 0 amide bonds. The Balaban J connectivity index is 2.63. The lowest BCUT2D eigenvalue weighted by atomic mass is 10.0. The molecular formula is C30H58INO6SSi3. The molecule has 1 aromatic carbocycles. The van der Waals surface area contributed by atoms with Crippen molar-refractivity contribution in [1.29, 1.82) is 0 Å². The van der Waals surface area contributed by atoms with Crippen molar-refractivity contribution >= 4 is 57.6 Å². The summed E-state index contributed by atoms with van der Waals surface area (Å²) in [4.78, 5) is 0.226. The van der Waals surface area contributed by atoms with E-state index in [4.69, 9.17) is 18.0 Å². The Hall–Kier alpha value is 0.351. The molecule has 1 aliphatic heterocycles. The van der Waals surface area contributed by atoms with Crippen molar-refractivity contribution in [2.45, 2.75) is 150 Å². The number of hydrogen-bond acceptors (Lipinski definition) is 6. The highest BCUT2D eigenvalue weighted by molar-refractivity contribution is 14.1. The minimum Gasteiger partial charge on any atom is -0.414 e. The summed E-state index contributed by atoms with van der Waals surface area (Å²) in [5.74, 6) is 0. The van der Waals surface area contributed by atoms with Crippen LogP contribution in [0.25, 0.3) is 0 Å². The Morgan fingerprint density at radius 2 is 1.14 bits per heavy atom. The third-order valence-corrected chi connectivity index (χ3v) is 26.8. The molecule has 1 fully saturated rings. The van der Waals surface area contributed by atoms with Crippen LogP contribution < -0.4 is 4.72 Å². The van der Waals surface area contributed by atoms with Gasteiger partial charge in [-0.25, -0.2) is 8.42 Å². The number of alkyl halides is 1. The van der Waals surface area contributed by atoms with E-state index in [1.54, 1.807) is 24.3 Å². The van der Waals surface area contributed by atoms with Crippen LogP contribution in [0.3, 0.4) is 0 Å². The summed E-state index contributed by atoms with van der Waals surface area (Å²) in [5, 5.41) is 0. The first kappa shape index (κ1) is 38.5. The summed E-state index contributed by atoms with van der Waals surface area (Å²) in [7, 11) is -9.92. The fraction of sp³-hybridized carbons (Fsp3) is 0.800. The zero-order valence-electron chi connectivity index (χ0n) is 27.6. The van der Waals surface area contributed by atoms with Gasteiger partial charge in [-0.2, -0.15) is 4.72 Å². The zero-order chi connectivity index (χ0) is 31.6. The molecule has 0 radical (unpaired) electrons. The molecule has 244 valence electrons. The van der Waals surface area contributed by atoms with Crippen LogP contribution in [-0.4, -0.2) is 68.4 Å². The van der Waals surface area contributed by atoms with Gasteiger partial charge >= 0.3 is 0 Å². The van der Waals surface area contributed by atoms with Crippen molar-refractivity contribution in [3.05, 3.63) is 30.3 Å². The molecule has 42 heavy (non-hydrogen) atoms.